The number of nitrogens with one attached hydrogen (secondary N) is 1. The van der Waals surface area contributed by atoms with Crippen LogP contribution in [0.3, 0.4) is 0 Å². The molecule has 1 saturated carbocycles. The Morgan fingerprint density at radius 2 is 2.32 bits per heavy atom. The maximum Gasteiger partial charge on any atom is 0.115 e. The van der Waals surface area contributed by atoms with Gasteiger partial charge in [-0.25, -0.2) is 4.98 Å². The van der Waals surface area contributed by atoms with Crippen molar-refractivity contribution in [3.63, 3.8) is 0 Å². The van der Waals surface area contributed by atoms with Crippen molar-refractivity contribution in [3.05, 3.63) is 23.4 Å². The molecule has 4 heteroatoms. The summed E-state index contributed by atoms with van der Waals surface area (Å²) in [5.41, 5.74) is 0.421. The molecule has 1 N–H and O–H groups in total. The van der Waals surface area contributed by atoms with Gasteiger partial charge in [-0.3, -0.25) is 0 Å². The highest BCUT2D eigenvalue weighted by atomic mass is 35.5. The van der Waals surface area contributed by atoms with E-state index in [1.807, 2.05) is 30.1 Å². The lowest BCUT2D eigenvalue weighted by atomic mass is 9.75. The third-order valence-corrected chi connectivity index (χ3v) is 5.55. The second kappa shape index (κ2) is 6.47. The number of aromatic nitrogens is 1. The predicted octanol–water partition coefficient (Wildman–Crippen LogP) is 4.38. The lowest BCUT2D eigenvalue weighted by Gasteiger charge is -2.40. The summed E-state index contributed by atoms with van der Waals surface area (Å²) >= 11 is 8.07. The number of pyridine rings is 1. The summed E-state index contributed by atoms with van der Waals surface area (Å²) in [6, 6.07) is 4.38. The van der Waals surface area contributed by atoms with Gasteiger partial charge in [0, 0.05) is 17.5 Å². The smallest absolute Gasteiger partial charge is 0.115 e. The summed E-state index contributed by atoms with van der Waals surface area (Å²) in [7, 11) is 0. The summed E-state index contributed by atoms with van der Waals surface area (Å²) < 4.78 is 0. The molecule has 1 fully saturated rings. The summed E-state index contributed by atoms with van der Waals surface area (Å²) in [4.78, 5) is 4.42. The van der Waals surface area contributed by atoms with E-state index in [1.165, 1.54) is 19.3 Å². The van der Waals surface area contributed by atoms with E-state index in [0.717, 1.165) is 16.6 Å². The van der Waals surface area contributed by atoms with Crippen LogP contribution in [0.2, 0.25) is 5.02 Å². The van der Waals surface area contributed by atoms with Gasteiger partial charge in [0.2, 0.25) is 0 Å². The molecular weight excluding hydrogens is 276 g/mol. The molecule has 0 saturated heterocycles. The first-order valence-corrected chi connectivity index (χ1v) is 8.28. The standard InChI is InChI=1S/C15H23ClN2S/c1-4-17-12-7-8-15(2,3)10-13(12)19-14-11(16)6-5-9-18-14/h5-6,9,12-13,17H,4,7-8,10H2,1-3H3. The molecule has 1 heterocycles. The lowest BCUT2D eigenvalue weighted by molar-refractivity contribution is 0.215. The summed E-state index contributed by atoms with van der Waals surface area (Å²) in [5.74, 6) is 0. The van der Waals surface area contributed by atoms with E-state index in [2.05, 4.69) is 31.1 Å². The van der Waals surface area contributed by atoms with Crippen molar-refractivity contribution in [2.24, 2.45) is 5.41 Å². The van der Waals surface area contributed by atoms with Crippen LogP contribution < -0.4 is 5.32 Å². The van der Waals surface area contributed by atoms with Gasteiger partial charge in [0.05, 0.1) is 5.02 Å². The van der Waals surface area contributed by atoms with E-state index in [1.54, 1.807) is 0 Å². The molecule has 0 spiro atoms. The fraction of sp³-hybridized carbons (Fsp3) is 0.667. The molecule has 1 aromatic heterocycles. The molecule has 0 radical (unpaired) electrons. The first-order chi connectivity index (χ1) is 9.02. The zero-order valence-corrected chi connectivity index (χ0v) is 13.5. The van der Waals surface area contributed by atoms with Crippen LogP contribution in [0.4, 0.5) is 0 Å². The van der Waals surface area contributed by atoms with Gasteiger partial charge in [0.25, 0.3) is 0 Å². The molecule has 2 unspecified atom stereocenters. The maximum absolute atomic E-state index is 6.24. The number of halogens is 1. The van der Waals surface area contributed by atoms with Gasteiger partial charge < -0.3 is 5.32 Å². The number of hydrogen-bond donors (Lipinski definition) is 1. The Morgan fingerprint density at radius 3 is 3.00 bits per heavy atom. The molecule has 1 aromatic rings. The Labute approximate surface area is 125 Å². The normalized spacial score (nSPS) is 26.3. The fourth-order valence-electron chi connectivity index (χ4n) is 2.74. The minimum atomic E-state index is 0.421. The summed E-state index contributed by atoms with van der Waals surface area (Å²) in [6.07, 6.45) is 5.56. The van der Waals surface area contributed by atoms with Crippen molar-refractivity contribution in [3.8, 4) is 0 Å². The number of nitrogens with zero attached hydrogens (tertiary/aromatic N) is 1. The van der Waals surface area contributed by atoms with E-state index < -0.39 is 0 Å². The molecule has 0 amide bonds. The molecule has 19 heavy (non-hydrogen) atoms. The van der Waals surface area contributed by atoms with E-state index in [4.69, 9.17) is 11.6 Å². The zero-order chi connectivity index (χ0) is 13.9. The Bertz CT molecular complexity index is 422. The molecule has 1 aliphatic rings. The third kappa shape index (κ3) is 4.11. The monoisotopic (exact) mass is 298 g/mol. The molecule has 0 aliphatic heterocycles. The van der Waals surface area contributed by atoms with E-state index >= 15 is 0 Å². The van der Waals surface area contributed by atoms with Crippen molar-refractivity contribution in [2.45, 2.75) is 56.4 Å². The van der Waals surface area contributed by atoms with E-state index in [9.17, 15) is 0 Å². The lowest BCUT2D eigenvalue weighted by Crippen LogP contribution is -2.44. The van der Waals surface area contributed by atoms with Crippen molar-refractivity contribution in [1.29, 1.82) is 0 Å². The number of hydrogen-bond acceptors (Lipinski definition) is 3. The molecule has 2 nitrogen and oxygen atoms in total. The number of thioether (sulfide) groups is 1. The van der Waals surface area contributed by atoms with Gasteiger partial charge in [-0.1, -0.05) is 44.1 Å². The highest BCUT2D eigenvalue weighted by Crippen LogP contribution is 2.43. The van der Waals surface area contributed by atoms with Gasteiger partial charge in [-0.2, -0.15) is 0 Å². The maximum atomic E-state index is 6.24. The van der Waals surface area contributed by atoms with Gasteiger partial charge in [-0.15, -0.1) is 0 Å². The minimum Gasteiger partial charge on any atom is -0.313 e. The van der Waals surface area contributed by atoms with Gasteiger partial charge in [-0.05, 0) is 43.4 Å². The Kier molecular flexibility index (Phi) is 5.15. The van der Waals surface area contributed by atoms with Crippen molar-refractivity contribution >= 4 is 23.4 Å². The van der Waals surface area contributed by atoms with Crippen LogP contribution in [0.1, 0.15) is 40.0 Å². The van der Waals surface area contributed by atoms with Crippen LogP contribution in [0.25, 0.3) is 0 Å². The van der Waals surface area contributed by atoms with Crippen LogP contribution in [-0.4, -0.2) is 22.8 Å². The van der Waals surface area contributed by atoms with Crippen LogP contribution >= 0.6 is 23.4 Å². The Hall–Kier alpha value is -0.250. The molecule has 2 rings (SSSR count). The largest absolute Gasteiger partial charge is 0.313 e. The Balaban J connectivity index is 2.11. The van der Waals surface area contributed by atoms with Crippen LogP contribution in [0, 0.1) is 5.41 Å². The van der Waals surface area contributed by atoms with Crippen LogP contribution in [-0.2, 0) is 0 Å². The topological polar surface area (TPSA) is 24.9 Å². The van der Waals surface area contributed by atoms with Crippen molar-refractivity contribution < 1.29 is 0 Å². The average molecular weight is 299 g/mol. The fourth-order valence-corrected chi connectivity index (χ4v) is 4.52. The first kappa shape index (κ1) is 15.1. The molecule has 0 aromatic carbocycles. The molecule has 2 atom stereocenters. The van der Waals surface area contributed by atoms with Crippen LogP contribution in [0.15, 0.2) is 23.4 Å². The highest BCUT2D eigenvalue weighted by molar-refractivity contribution is 8.00. The third-order valence-electron chi connectivity index (χ3n) is 3.79. The minimum absolute atomic E-state index is 0.421. The van der Waals surface area contributed by atoms with Crippen LogP contribution in [0.5, 0.6) is 0 Å². The van der Waals surface area contributed by atoms with E-state index in [-0.39, 0.29) is 0 Å². The van der Waals surface area contributed by atoms with Crippen molar-refractivity contribution in [2.75, 3.05) is 6.54 Å². The summed E-state index contributed by atoms with van der Waals surface area (Å²) in [5, 5.41) is 5.91. The molecule has 106 valence electrons. The second-order valence-electron chi connectivity index (χ2n) is 6.02. The quantitative estimate of drug-likeness (QED) is 0.892. The molecular formula is C15H23ClN2S. The SMILES string of the molecule is CCNC1CCC(C)(C)CC1Sc1ncccc1Cl. The summed E-state index contributed by atoms with van der Waals surface area (Å²) in [6.45, 7) is 7.93. The Morgan fingerprint density at radius 1 is 1.53 bits per heavy atom. The second-order valence-corrected chi connectivity index (χ2v) is 7.65. The molecule has 0 bridgehead atoms. The van der Waals surface area contributed by atoms with Gasteiger partial charge in [0.15, 0.2) is 0 Å². The molecule has 1 aliphatic carbocycles. The highest BCUT2D eigenvalue weighted by Gasteiger charge is 2.35. The van der Waals surface area contributed by atoms with E-state index in [0.29, 0.717) is 16.7 Å². The average Bonchev–Trinajstić information content (AvgIpc) is 2.35. The van der Waals surface area contributed by atoms with Gasteiger partial charge >= 0.3 is 0 Å². The number of rotatable bonds is 4. The predicted molar refractivity (Wildman–Crippen MR) is 84.0 cm³/mol. The zero-order valence-electron chi connectivity index (χ0n) is 11.9. The van der Waals surface area contributed by atoms with Gasteiger partial charge in [0.1, 0.15) is 5.03 Å². The van der Waals surface area contributed by atoms with Crippen molar-refractivity contribution in [1.82, 2.24) is 10.3 Å². The first-order valence-electron chi connectivity index (χ1n) is 7.02.